The average Bonchev–Trinajstić information content (AvgIpc) is 2.47. The van der Waals surface area contributed by atoms with Crippen LogP contribution in [0.3, 0.4) is 0 Å². The van der Waals surface area contributed by atoms with Crippen molar-refractivity contribution in [1.82, 2.24) is 0 Å². The summed E-state index contributed by atoms with van der Waals surface area (Å²) in [5.74, 6) is -0.770. The molecule has 0 radical (unpaired) electrons. The predicted octanol–water partition coefficient (Wildman–Crippen LogP) is 2.91. The van der Waals surface area contributed by atoms with Crippen molar-refractivity contribution >= 4 is 15.8 Å². The molecular formula is C16H20O4S. The summed E-state index contributed by atoms with van der Waals surface area (Å²) in [6.07, 6.45) is 2.77. The van der Waals surface area contributed by atoms with Crippen molar-refractivity contribution in [1.29, 1.82) is 0 Å². The molecule has 1 aromatic carbocycles. The molecular weight excluding hydrogens is 288 g/mol. The first-order chi connectivity index (χ1) is 9.96. The Hall–Kier alpha value is -1.88. The van der Waals surface area contributed by atoms with E-state index in [1.807, 2.05) is 0 Å². The number of carbonyl (C=O) groups is 1. The van der Waals surface area contributed by atoms with Crippen LogP contribution in [-0.2, 0) is 19.4 Å². The van der Waals surface area contributed by atoms with Gasteiger partial charge in [-0.15, -0.1) is 13.2 Å². The van der Waals surface area contributed by atoms with Gasteiger partial charge in [0.25, 0.3) is 0 Å². The highest BCUT2D eigenvalue weighted by Crippen LogP contribution is 2.34. The normalized spacial score (nSPS) is 11.7. The molecule has 0 N–H and O–H groups in total. The fraction of sp³-hybridized carbons (Fsp3) is 0.312. The number of esters is 1. The minimum Gasteiger partial charge on any atom is -0.465 e. The molecule has 0 amide bonds. The van der Waals surface area contributed by atoms with Gasteiger partial charge in [-0.3, -0.25) is 4.79 Å². The van der Waals surface area contributed by atoms with Crippen LogP contribution in [0.2, 0.25) is 0 Å². The van der Waals surface area contributed by atoms with Gasteiger partial charge in [0.2, 0.25) is 0 Å². The molecule has 0 aliphatic carbocycles. The minimum atomic E-state index is -3.93. The molecule has 21 heavy (non-hydrogen) atoms. The lowest BCUT2D eigenvalue weighted by molar-refractivity contribution is -0.146. The smallest absolute Gasteiger partial charge is 0.328 e. The maximum Gasteiger partial charge on any atom is 0.328 e. The van der Waals surface area contributed by atoms with E-state index in [9.17, 15) is 13.2 Å². The van der Waals surface area contributed by atoms with Gasteiger partial charge in [0.1, 0.15) is 0 Å². The average molecular weight is 308 g/mol. The largest absolute Gasteiger partial charge is 0.465 e. The van der Waals surface area contributed by atoms with Crippen LogP contribution in [0.25, 0.3) is 0 Å². The minimum absolute atomic E-state index is 0.0327. The summed E-state index contributed by atoms with van der Waals surface area (Å²) >= 11 is 0. The maximum atomic E-state index is 13.0. The van der Waals surface area contributed by atoms with E-state index in [0.717, 1.165) is 0 Å². The van der Waals surface area contributed by atoms with Gasteiger partial charge in [0, 0.05) is 0 Å². The second-order valence-corrected chi connectivity index (χ2v) is 6.78. The molecule has 0 saturated heterocycles. The maximum absolute atomic E-state index is 13.0. The van der Waals surface area contributed by atoms with Crippen LogP contribution in [0.4, 0.5) is 0 Å². The number of rotatable bonds is 8. The van der Waals surface area contributed by atoms with Crippen LogP contribution < -0.4 is 0 Å². The highest BCUT2D eigenvalue weighted by molar-refractivity contribution is 7.93. The van der Waals surface area contributed by atoms with Gasteiger partial charge in [-0.1, -0.05) is 30.4 Å². The van der Waals surface area contributed by atoms with Gasteiger partial charge in [0.15, 0.2) is 14.6 Å². The van der Waals surface area contributed by atoms with Crippen molar-refractivity contribution in [3.63, 3.8) is 0 Å². The fourth-order valence-electron chi connectivity index (χ4n) is 2.13. The first-order valence-electron chi connectivity index (χ1n) is 6.65. The lowest BCUT2D eigenvalue weighted by Crippen LogP contribution is -2.47. The third-order valence-electron chi connectivity index (χ3n) is 3.16. The lowest BCUT2D eigenvalue weighted by Gasteiger charge is -2.29. The van der Waals surface area contributed by atoms with Crippen molar-refractivity contribution in [2.45, 2.75) is 29.4 Å². The molecule has 0 bridgehead atoms. The number of sulfone groups is 1. The number of carbonyl (C=O) groups excluding carboxylic acids is 1. The van der Waals surface area contributed by atoms with Crippen molar-refractivity contribution in [2.24, 2.45) is 0 Å². The van der Waals surface area contributed by atoms with Crippen molar-refractivity contribution in [3.8, 4) is 0 Å². The number of ether oxygens (including phenoxy) is 1. The zero-order valence-electron chi connectivity index (χ0n) is 12.1. The quantitative estimate of drug-likeness (QED) is 0.547. The summed E-state index contributed by atoms with van der Waals surface area (Å²) in [6, 6.07) is 7.88. The van der Waals surface area contributed by atoms with E-state index < -0.39 is 20.6 Å². The van der Waals surface area contributed by atoms with Crippen LogP contribution in [0.15, 0.2) is 60.5 Å². The Morgan fingerprint density at radius 2 is 1.71 bits per heavy atom. The zero-order valence-corrected chi connectivity index (χ0v) is 12.9. The molecule has 0 spiro atoms. The van der Waals surface area contributed by atoms with Gasteiger partial charge in [-0.2, -0.15) is 0 Å². The van der Waals surface area contributed by atoms with Gasteiger partial charge >= 0.3 is 5.97 Å². The highest BCUT2D eigenvalue weighted by Gasteiger charge is 2.50. The van der Waals surface area contributed by atoms with E-state index in [1.54, 1.807) is 25.1 Å². The molecule has 0 aromatic heterocycles. The van der Waals surface area contributed by atoms with E-state index in [1.165, 1.54) is 24.3 Å². The summed E-state index contributed by atoms with van der Waals surface area (Å²) in [6.45, 7) is 8.89. The SMILES string of the molecule is C=CCC(CC=C)(C(=O)OCC)S(=O)(=O)c1ccccc1. The van der Waals surface area contributed by atoms with E-state index in [2.05, 4.69) is 13.2 Å². The Balaban J connectivity index is 3.50. The molecule has 0 aliphatic heterocycles. The Kier molecular flexibility index (Phi) is 5.90. The molecule has 0 heterocycles. The molecule has 0 atom stereocenters. The second kappa shape index (κ2) is 7.22. The molecule has 0 fully saturated rings. The summed E-state index contributed by atoms with van der Waals surface area (Å²) < 4.78 is 29.2. The summed E-state index contributed by atoms with van der Waals surface area (Å²) in [5, 5.41) is 0. The second-order valence-electron chi connectivity index (χ2n) is 4.52. The van der Waals surface area contributed by atoms with Crippen molar-refractivity contribution in [2.75, 3.05) is 6.61 Å². The molecule has 0 saturated carbocycles. The van der Waals surface area contributed by atoms with Gasteiger partial charge in [-0.25, -0.2) is 8.42 Å². The van der Waals surface area contributed by atoms with Gasteiger partial charge in [0.05, 0.1) is 11.5 Å². The third-order valence-corrected chi connectivity index (χ3v) is 5.59. The van der Waals surface area contributed by atoms with Gasteiger partial charge in [-0.05, 0) is 31.9 Å². The zero-order chi connectivity index (χ0) is 15.9. The van der Waals surface area contributed by atoms with Crippen LogP contribution >= 0.6 is 0 Å². The number of benzene rings is 1. The van der Waals surface area contributed by atoms with Crippen LogP contribution in [0.1, 0.15) is 19.8 Å². The molecule has 1 rings (SSSR count). The topological polar surface area (TPSA) is 60.4 Å². The number of allylic oxidation sites excluding steroid dienone is 2. The highest BCUT2D eigenvalue weighted by atomic mass is 32.2. The fourth-order valence-corrected chi connectivity index (χ4v) is 4.05. The van der Waals surface area contributed by atoms with Crippen molar-refractivity contribution in [3.05, 3.63) is 55.6 Å². The van der Waals surface area contributed by atoms with E-state index >= 15 is 0 Å². The standard InChI is InChI=1S/C16H20O4S/c1-4-12-16(13-5-2,15(17)20-6-3)21(18,19)14-10-8-7-9-11-14/h4-5,7-11H,1-2,6,12-13H2,3H3. The van der Waals surface area contributed by atoms with Crippen LogP contribution in [0.5, 0.6) is 0 Å². The third kappa shape index (κ3) is 3.24. The molecule has 1 aromatic rings. The van der Waals surface area contributed by atoms with Gasteiger partial charge < -0.3 is 4.74 Å². The van der Waals surface area contributed by atoms with Crippen molar-refractivity contribution < 1.29 is 17.9 Å². The van der Waals surface area contributed by atoms with Crippen LogP contribution in [-0.4, -0.2) is 25.7 Å². The Labute approximate surface area is 126 Å². The summed E-state index contributed by atoms with van der Waals surface area (Å²) in [5.41, 5.74) is 0. The molecule has 5 heteroatoms. The Morgan fingerprint density at radius 3 is 2.14 bits per heavy atom. The Bertz CT molecular complexity index is 592. The molecule has 4 nitrogen and oxygen atoms in total. The lowest BCUT2D eigenvalue weighted by atomic mass is 10.0. The monoisotopic (exact) mass is 308 g/mol. The van der Waals surface area contributed by atoms with E-state index in [-0.39, 0.29) is 24.3 Å². The van der Waals surface area contributed by atoms with Crippen LogP contribution in [0, 0.1) is 0 Å². The predicted molar refractivity (Wildman–Crippen MR) is 82.6 cm³/mol. The Morgan fingerprint density at radius 1 is 1.19 bits per heavy atom. The van der Waals surface area contributed by atoms with E-state index in [0.29, 0.717) is 0 Å². The molecule has 0 unspecified atom stereocenters. The summed E-state index contributed by atoms with van der Waals surface area (Å²) in [4.78, 5) is 12.5. The first kappa shape index (κ1) is 17.2. The summed E-state index contributed by atoms with van der Waals surface area (Å²) in [7, 11) is -3.93. The molecule has 114 valence electrons. The number of hydrogen-bond acceptors (Lipinski definition) is 4. The number of hydrogen-bond donors (Lipinski definition) is 0. The van der Waals surface area contributed by atoms with E-state index in [4.69, 9.17) is 4.74 Å². The first-order valence-corrected chi connectivity index (χ1v) is 8.13. The molecule has 0 aliphatic rings.